The van der Waals surface area contributed by atoms with Gasteiger partial charge in [-0.2, -0.15) is 0 Å². The van der Waals surface area contributed by atoms with Crippen molar-refractivity contribution in [3.63, 3.8) is 0 Å². The molecule has 0 bridgehead atoms. The molecular formula is C17H28O9. The van der Waals surface area contributed by atoms with Crippen LogP contribution in [-0.4, -0.2) is 71.9 Å². The lowest BCUT2D eigenvalue weighted by Gasteiger charge is -2.43. The largest absolute Gasteiger partial charge is 0.462 e. The molecule has 9 heteroatoms. The number of carbonyl (C=O) groups excluding carboxylic acids is 3. The lowest BCUT2D eigenvalue weighted by molar-refractivity contribution is -0.215. The first-order valence-electron chi connectivity index (χ1n) is 8.58. The molecular weight excluding hydrogens is 348 g/mol. The van der Waals surface area contributed by atoms with Crippen LogP contribution in [0.3, 0.4) is 0 Å². The second-order valence-corrected chi connectivity index (χ2v) is 6.37. The van der Waals surface area contributed by atoms with E-state index in [-0.39, 0.29) is 18.9 Å². The van der Waals surface area contributed by atoms with Gasteiger partial charge < -0.3 is 29.2 Å². The number of aliphatic hydroxyl groups excluding tert-OH is 2. The Labute approximate surface area is 152 Å². The Morgan fingerprint density at radius 2 is 1.69 bits per heavy atom. The van der Waals surface area contributed by atoms with Gasteiger partial charge in [0.2, 0.25) is 0 Å². The summed E-state index contributed by atoms with van der Waals surface area (Å²) < 4.78 is 21.6. The number of ether oxygens (including phenoxy) is 4. The maximum atomic E-state index is 11.5. The lowest BCUT2D eigenvalue weighted by Crippen LogP contribution is -2.54. The number of hydrogen-bond donors (Lipinski definition) is 2. The molecule has 1 fully saturated rings. The van der Waals surface area contributed by atoms with Gasteiger partial charge in [-0.05, 0) is 6.42 Å². The second-order valence-electron chi connectivity index (χ2n) is 6.37. The Balaban J connectivity index is 3.09. The van der Waals surface area contributed by atoms with E-state index in [0.29, 0.717) is 6.42 Å². The average Bonchev–Trinajstić information content (AvgIpc) is 2.53. The topological polar surface area (TPSA) is 129 Å². The molecule has 1 heterocycles. The molecule has 0 radical (unpaired) electrons. The van der Waals surface area contributed by atoms with Crippen molar-refractivity contribution >= 4 is 17.9 Å². The molecule has 1 aliphatic heterocycles. The van der Waals surface area contributed by atoms with E-state index in [1.807, 2.05) is 6.92 Å². The highest BCUT2D eigenvalue weighted by Crippen LogP contribution is 2.33. The summed E-state index contributed by atoms with van der Waals surface area (Å²) in [5.41, 5.74) is 0. The quantitative estimate of drug-likeness (QED) is 0.442. The number of aliphatic hydroxyl groups is 2. The van der Waals surface area contributed by atoms with Crippen LogP contribution in [-0.2, 0) is 33.3 Å². The summed E-state index contributed by atoms with van der Waals surface area (Å²) >= 11 is 0. The van der Waals surface area contributed by atoms with Crippen molar-refractivity contribution < 1.29 is 43.5 Å². The van der Waals surface area contributed by atoms with Gasteiger partial charge in [-0.15, -0.1) is 0 Å². The van der Waals surface area contributed by atoms with Crippen LogP contribution in [0.1, 0.15) is 40.5 Å². The number of hydrogen-bond acceptors (Lipinski definition) is 9. The summed E-state index contributed by atoms with van der Waals surface area (Å²) in [6.45, 7) is 4.77. The standard InChI is InChI=1S/C17H28O9/c1-9-13(5-6-18)26-15(7-14(9)23-10(2)20)17(25-12(4)22)16(8-19)24-11(3)21/h9,13-19H,5-8H2,1-4H3/t9-,13+,14-,15+,16-,17+/m0/s1. The van der Waals surface area contributed by atoms with E-state index in [1.54, 1.807) is 0 Å². The maximum Gasteiger partial charge on any atom is 0.303 e. The van der Waals surface area contributed by atoms with Crippen LogP contribution in [0.2, 0.25) is 0 Å². The molecule has 0 saturated carbocycles. The smallest absolute Gasteiger partial charge is 0.303 e. The third-order valence-electron chi connectivity index (χ3n) is 4.25. The minimum absolute atomic E-state index is 0.139. The molecule has 26 heavy (non-hydrogen) atoms. The third-order valence-corrected chi connectivity index (χ3v) is 4.25. The molecule has 1 rings (SSSR count). The van der Waals surface area contributed by atoms with E-state index in [2.05, 4.69) is 0 Å². The fraction of sp³-hybridized carbons (Fsp3) is 0.824. The molecule has 0 aromatic heterocycles. The first-order chi connectivity index (χ1) is 12.2. The van der Waals surface area contributed by atoms with Crippen molar-refractivity contribution in [1.82, 2.24) is 0 Å². The fourth-order valence-corrected chi connectivity index (χ4v) is 3.13. The number of carbonyl (C=O) groups is 3. The second kappa shape index (κ2) is 10.4. The van der Waals surface area contributed by atoms with Crippen molar-refractivity contribution in [2.24, 2.45) is 5.92 Å². The Hall–Kier alpha value is -1.71. The summed E-state index contributed by atoms with van der Waals surface area (Å²) in [6, 6.07) is 0. The van der Waals surface area contributed by atoms with Gasteiger partial charge in [0.1, 0.15) is 12.2 Å². The van der Waals surface area contributed by atoms with Crippen LogP contribution in [0.4, 0.5) is 0 Å². The normalized spacial score (nSPS) is 27.9. The first-order valence-corrected chi connectivity index (χ1v) is 8.58. The predicted octanol–water partition coefficient (Wildman–Crippen LogP) is -0.0502. The van der Waals surface area contributed by atoms with E-state index < -0.39 is 55.0 Å². The zero-order chi connectivity index (χ0) is 19.9. The van der Waals surface area contributed by atoms with Gasteiger partial charge in [0.15, 0.2) is 12.2 Å². The van der Waals surface area contributed by atoms with Crippen LogP contribution in [0.25, 0.3) is 0 Å². The van der Waals surface area contributed by atoms with Gasteiger partial charge in [-0.25, -0.2) is 0 Å². The van der Waals surface area contributed by atoms with Crippen molar-refractivity contribution in [2.75, 3.05) is 13.2 Å². The van der Waals surface area contributed by atoms with Crippen LogP contribution >= 0.6 is 0 Å². The van der Waals surface area contributed by atoms with Gasteiger partial charge in [0, 0.05) is 39.7 Å². The van der Waals surface area contributed by atoms with Crippen molar-refractivity contribution in [2.45, 2.75) is 71.1 Å². The SMILES string of the molecule is CC(=O)O[C@@H]([C@H](CO)OC(C)=O)[C@H]1C[C@H](OC(C)=O)[C@@H](C)[C@@H](CCO)O1. The van der Waals surface area contributed by atoms with Crippen molar-refractivity contribution in [3.05, 3.63) is 0 Å². The van der Waals surface area contributed by atoms with E-state index >= 15 is 0 Å². The molecule has 0 aliphatic carbocycles. The summed E-state index contributed by atoms with van der Waals surface area (Å²) in [5.74, 6) is -1.94. The highest BCUT2D eigenvalue weighted by molar-refractivity contribution is 5.67. The zero-order valence-electron chi connectivity index (χ0n) is 15.5. The molecule has 0 spiro atoms. The highest BCUT2D eigenvalue weighted by Gasteiger charge is 2.45. The maximum absolute atomic E-state index is 11.5. The zero-order valence-corrected chi connectivity index (χ0v) is 15.5. The number of rotatable bonds is 8. The fourth-order valence-electron chi connectivity index (χ4n) is 3.13. The van der Waals surface area contributed by atoms with E-state index in [0.717, 1.165) is 0 Å². The Morgan fingerprint density at radius 1 is 1.08 bits per heavy atom. The highest BCUT2D eigenvalue weighted by atomic mass is 16.6. The molecule has 0 aromatic carbocycles. The minimum Gasteiger partial charge on any atom is -0.462 e. The molecule has 6 atom stereocenters. The van der Waals surface area contributed by atoms with Gasteiger partial charge >= 0.3 is 17.9 Å². The van der Waals surface area contributed by atoms with Gasteiger partial charge in [0.05, 0.1) is 12.7 Å². The molecule has 9 nitrogen and oxygen atoms in total. The summed E-state index contributed by atoms with van der Waals surface area (Å²) in [4.78, 5) is 34.2. The molecule has 0 unspecified atom stereocenters. The average molecular weight is 376 g/mol. The van der Waals surface area contributed by atoms with Gasteiger partial charge in [-0.1, -0.05) is 6.92 Å². The van der Waals surface area contributed by atoms with E-state index in [1.165, 1.54) is 20.8 Å². The first kappa shape index (κ1) is 22.3. The van der Waals surface area contributed by atoms with Crippen LogP contribution < -0.4 is 0 Å². The lowest BCUT2D eigenvalue weighted by atomic mass is 9.86. The van der Waals surface area contributed by atoms with E-state index in [9.17, 15) is 24.6 Å². The monoisotopic (exact) mass is 376 g/mol. The van der Waals surface area contributed by atoms with Crippen molar-refractivity contribution in [3.8, 4) is 0 Å². The van der Waals surface area contributed by atoms with Crippen molar-refractivity contribution in [1.29, 1.82) is 0 Å². The summed E-state index contributed by atoms with van der Waals surface area (Å²) in [5, 5.41) is 18.8. The van der Waals surface area contributed by atoms with E-state index in [4.69, 9.17) is 18.9 Å². The molecule has 150 valence electrons. The molecule has 1 aliphatic rings. The minimum atomic E-state index is -1.12. The predicted molar refractivity (Wildman–Crippen MR) is 87.9 cm³/mol. The number of esters is 3. The molecule has 2 N–H and O–H groups in total. The third kappa shape index (κ3) is 6.54. The summed E-state index contributed by atoms with van der Waals surface area (Å²) in [6.07, 6.45) is -3.49. The molecule has 1 saturated heterocycles. The Kier molecular flexibility index (Phi) is 8.97. The van der Waals surface area contributed by atoms with Crippen LogP contribution in [0, 0.1) is 5.92 Å². The van der Waals surface area contributed by atoms with Gasteiger partial charge in [0.25, 0.3) is 0 Å². The summed E-state index contributed by atoms with van der Waals surface area (Å²) in [7, 11) is 0. The molecule has 0 amide bonds. The van der Waals surface area contributed by atoms with Crippen LogP contribution in [0.15, 0.2) is 0 Å². The Bertz CT molecular complexity index is 493. The van der Waals surface area contributed by atoms with Crippen LogP contribution in [0.5, 0.6) is 0 Å². The Morgan fingerprint density at radius 3 is 2.15 bits per heavy atom. The van der Waals surface area contributed by atoms with Gasteiger partial charge in [-0.3, -0.25) is 14.4 Å². The molecule has 0 aromatic rings.